The van der Waals surface area contributed by atoms with E-state index in [0.29, 0.717) is 5.69 Å². The van der Waals surface area contributed by atoms with E-state index in [9.17, 15) is 29.3 Å². The molecule has 3 fully saturated rings. The number of hydrogen-bond donors (Lipinski definition) is 0. The van der Waals surface area contributed by atoms with E-state index in [1.165, 1.54) is 35.2 Å². The molecule has 9 nitrogen and oxygen atoms in total. The van der Waals surface area contributed by atoms with Crippen LogP contribution in [0.25, 0.3) is 0 Å². The fourth-order valence-electron chi connectivity index (χ4n) is 5.53. The summed E-state index contributed by atoms with van der Waals surface area (Å²) in [6.07, 6.45) is 2.89. The minimum Gasteiger partial charge on any atom is -0.454 e. The molecule has 0 radical (unpaired) electrons. The number of hydrogen-bond acceptors (Lipinski definition) is 7. The van der Waals surface area contributed by atoms with E-state index < -0.39 is 23.3 Å². The highest BCUT2D eigenvalue weighted by Crippen LogP contribution is 2.56. The van der Waals surface area contributed by atoms with Crippen LogP contribution in [0.2, 0.25) is 0 Å². The third-order valence-corrected chi connectivity index (χ3v) is 6.98. The summed E-state index contributed by atoms with van der Waals surface area (Å²) in [7, 11) is 0. The lowest BCUT2D eigenvalue weighted by molar-refractivity contribution is -0.384. The van der Waals surface area contributed by atoms with E-state index in [-0.39, 0.29) is 52.3 Å². The molecule has 1 saturated heterocycles. The Labute approximate surface area is 188 Å². The molecule has 1 heterocycles. The number of nitrogens with zero attached hydrogens (tertiary/aromatic N) is 2. The van der Waals surface area contributed by atoms with Gasteiger partial charge in [-0.2, -0.15) is 0 Å². The van der Waals surface area contributed by atoms with Gasteiger partial charge >= 0.3 is 5.97 Å². The van der Waals surface area contributed by atoms with Crippen LogP contribution in [0, 0.1) is 33.8 Å². The number of ether oxygens (including phenoxy) is 1. The van der Waals surface area contributed by atoms with Gasteiger partial charge < -0.3 is 4.74 Å². The number of non-ortho nitro benzene ring substituents is 1. The maximum Gasteiger partial charge on any atom is 0.338 e. The Morgan fingerprint density at radius 3 is 2.27 bits per heavy atom. The molecule has 3 aliphatic rings. The first-order valence-electron chi connectivity index (χ1n) is 10.8. The van der Waals surface area contributed by atoms with Crippen LogP contribution in [0.1, 0.15) is 40.0 Å². The van der Waals surface area contributed by atoms with Crippen LogP contribution in [0.3, 0.4) is 0 Å². The molecule has 2 aromatic rings. The number of amides is 2. The SMILES string of the molecule is O=C(COC(=O)c1cccc(N2C(=O)[C@@H]3[C@H]4CC[C@@H](C4)[C@H]3C2=O)c1)c1cccc([N+](=O)[O-])c1. The second-order valence-corrected chi connectivity index (χ2v) is 8.75. The van der Waals surface area contributed by atoms with E-state index in [4.69, 9.17) is 4.74 Å². The standard InChI is InChI=1S/C24H20N2O7/c27-19(13-3-1-6-18(10-13)26(31)32)12-33-24(30)16-4-2-5-17(11-16)25-22(28)20-14-7-8-15(9-14)21(20)23(25)29/h1-6,10-11,14-15,20-21H,7-9,12H2/t14-,15-,20+,21+/m0/s1. The van der Waals surface area contributed by atoms with Gasteiger partial charge in [0.05, 0.1) is 28.0 Å². The molecule has 2 bridgehead atoms. The van der Waals surface area contributed by atoms with Crippen LogP contribution in [0.5, 0.6) is 0 Å². The second-order valence-electron chi connectivity index (χ2n) is 8.75. The van der Waals surface area contributed by atoms with Gasteiger partial charge in [-0.1, -0.05) is 18.2 Å². The highest BCUT2D eigenvalue weighted by Gasteiger charge is 2.61. The molecule has 0 aromatic heterocycles. The number of rotatable bonds is 6. The number of anilines is 1. The molecule has 9 heteroatoms. The zero-order valence-corrected chi connectivity index (χ0v) is 17.5. The predicted octanol–water partition coefficient (Wildman–Crippen LogP) is 3.17. The molecule has 0 unspecified atom stereocenters. The Morgan fingerprint density at radius 1 is 0.970 bits per heavy atom. The van der Waals surface area contributed by atoms with Gasteiger partial charge in [0, 0.05) is 17.7 Å². The summed E-state index contributed by atoms with van der Waals surface area (Å²) in [5.41, 5.74) is 0.233. The summed E-state index contributed by atoms with van der Waals surface area (Å²) in [5.74, 6) is -1.80. The van der Waals surface area contributed by atoms with Crippen molar-refractivity contribution in [3.63, 3.8) is 0 Å². The smallest absolute Gasteiger partial charge is 0.338 e. The van der Waals surface area contributed by atoms with Gasteiger partial charge in [-0.25, -0.2) is 4.79 Å². The summed E-state index contributed by atoms with van der Waals surface area (Å²) < 4.78 is 5.09. The first-order chi connectivity index (χ1) is 15.8. The lowest BCUT2D eigenvalue weighted by atomic mass is 9.81. The van der Waals surface area contributed by atoms with Gasteiger partial charge in [0.1, 0.15) is 0 Å². The van der Waals surface area contributed by atoms with Crippen LogP contribution >= 0.6 is 0 Å². The topological polar surface area (TPSA) is 124 Å². The predicted molar refractivity (Wildman–Crippen MR) is 114 cm³/mol. The number of nitro groups is 1. The van der Waals surface area contributed by atoms with Crippen LogP contribution in [0.4, 0.5) is 11.4 Å². The normalized spacial score (nSPS) is 25.3. The van der Waals surface area contributed by atoms with Crippen molar-refractivity contribution in [2.75, 3.05) is 11.5 Å². The minimum atomic E-state index is -0.796. The van der Waals surface area contributed by atoms with E-state index in [1.807, 2.05) is 0 Å². The number of Topliss-reactive ketones (excluding diaryl/α,β-unsaturated/α-hetero) is 1. The van der Waals surface area contributed by atoms with Gasteiger partial charge in [0.15, 0.2) is 6.61 Å². The maximum atomic E-state index is 13.0. The van der Waals surface area contributed by atoms with Crippen molar-refractivity contribution in [1.82, 2.24) is 0 Å². The summed E-state index contributed by atoms with van der Waals surface area (Å²) in [5, 5.41) is 10.9. The second kappa shape index (κ2) is 7.91. The Morgan fingerprint density at radius 2 is 1.61 bits per heavy atom. The Kier molecular flexibility index (Phi) is 5.03. The molecule has 2 saturated carbocycles. The zero-order chi connectivity index (χ0) is 23.3. The monoisotopic (exact) mass is 448 g/mol. The number of fused-ring (bicyclic) bond motifs is 5. The van der Waals surface area contributed by atoms with Crippen LogP contribution in [-0.2, 0) is 14.3 Å². The highest BCUT2D eigenvalue weighted by atomic mass is 16.6. The van der Waals surface area contributed by atoms with Crippen molar-refractivity contribution in [2.24, 2.45) is 23.7 Å². The summed E-state index contributed by atoms with van der Waals surface area (Å²) in [4.78, 5) is 62.3. The largest absolute Gasteiger partial charge is 0.454 e. The molecule has 5 rings (SSSR count). The number of ketones is 1. The lowest BCUT2D eigenvalue weighted by Gasteiger charge is -2.19. The van der Waals surface area contributed by atoms with Gasteiger partial charge in [-0.05, 0) is 49.3 Å². The molecule has 168 valence electrons. The number of nitro benzene ring substituents is 1. The van der Waals surface area contributed by atoms with Crippen LogP contribution < -0.4 is 4.90 Å². The molecule has 2 aliphatic carbocycles. The van der Waals surface area contributed by atoms with E-state index >= 15 is 0 Å². The number of imide groups is 1. The van der Waals surface area contributed by atoms with Crippen molar-refractivity contribution in [3.05, 3.63) is 69.8 Å². The van der Waals surface area contributed by atoms with Crippen molar-refractivity contribution in [1.29, 1.82) is 0 Å². The Balaban J connectivity index is 1.29. The lowest BCUT2D eigenvalue weighted by Crippen LogP contribution is -2.32. The summed E-state index contributed by atoms with van der Waals surface area (Å²) in [6.45, 7) is -0.598. The van der Waals surface area contributed by atoms with Crippen molar-refractivity contribution in [3.8, 4) is 0 Å². The zero-order valence-electron chi connectivity index (χ0n) is 17.5. The molecular formula is C24H20N2O7. The number of carbonyl (C=O) groups excluding carboxylic acids is 4. The molecule has 2 aromatic carbocycles. The summed E-state index contributed by atoms with van der Waals surface area (Å²) in [6, 6.07) is 11.2. The molecule has 4 atom stereocenters. The number of benzene rings is 2. The fourth-order valence-corrected chi connectivity index (χ4v) is 5.53. The van der Waals surface area contributed by atoms with Crippen molar-refractivity contribution < 1.29 is 28.8 Å². The molecule has 0 N–H and O–H groups in total. The van der Waals surface area contributed by atoms with E-state index in [0.717, 1.165) is 25.3 Å². The first-order valence-corrected chi connectivity index (χ1v) is 10.8. The van der Waals surface area contributed by atoms with Gasteiger partial charge in [-0.3, -0.25) is 29.4 Å². The highest BCUT2D eigenvalue weighted by molar-refractivity contribution is 6.22. The molecular weight excluding hydrogens is 428 g/mol. The third-order valence-electron chi connectivity index (χ3n) is 6.98. The van der Waals surface area contributed by atoms with Gasteiger partial charge in [0.2, 0.25) is 17.6 Å². The molecule has 2 amide bonds. The Bertz CT molecular complexity index is 1180. The fraction of sp³-hybridized carbons (Fsp3) is 0.333. The van der Waals surface area contributed by atoms with Gasteiger partial charge in [-0.15, -0.1) is 0 Å². The van der Waals surface area contributed by atoms with Crippen LogP contribution in [-0.4, -0.2) is 35.1 Å². The maximum absolute atomic E-state index is 13.0. The van der Waals surface area contributed by atoms with E-state index in [2.05, 4.69) is 0 Å². The minimum absolute atomic E-state index is 0.0557. The average molecular weight is 448 g/mol. The third kappa shape index (κ3) is 3.49. The molecule has 33 heavy (non-hydrogen) atoms. The van der Waals surface area contributed by atoms with Gasteiger partial charge in [0.25, 0.3) is 5.69 Å². The molecule has 1 aliphatic heterocycles. The quantitative estimate of drug-likeness (QED) is 0.219. The van der Waals surface area contributed by atoms with Crippen molar-refractivity contribution in [2.45, 2.75) is 19.3 Å². The van der Waals surface area contributed by atoms with Crippen LogP contribution in [0.15, 0.2) is 48.5 Å². The number of carbonyl (C=O) groups is 4. The van der Waals surface area contributed by atoms with E-state index in [1.54, 1.807) is 12.1 Å². The first kappa shape index (κ1) is 21.0. The summed E-state index contributed by atoms with van der Waals surface area (Å²) >= 11 is 0. The average Bonchev–Trinajstić information content (AvgIpc) is 3.51. The molecule has 0 spiro atoms. The van der Waals surface area contributed by atoms with Crippen molar-refractivity contribution >= 4 is 34.9 Å². The number of esters is 1. The Hall–Kier alpha value is -3.88.